The summed E-state index contributed by atoms with van der Waals surface area (Å²) in [5.74, 6) is 3.18. The molecular formula is C21H43N. The van der Waals surface area contributed by atoms with Gasteiger partial charge in [0.15, 0.2) is 0 Å². The van der Waals surface area contributed by atoms with Crippen LogP contribution in [-0.4, -0.2) is 12.6 Å². The molecule has 1 nitrogen and oxygen atoms in total. The van der Waals surface area contributed by atoms with Crippen molar-refractivity contribution in [2.24, 2.45) is 34.5 Å². The molecule has 1 fully saturated rings. The number of rotatable bonds is 5. The molecule has 1 heterocycles. The Labute approximate surface area is 141 Å². The van der Waals surface area contributed by atoms with Gasteiger partial charge in [0.2, 0.25) is 0 Å². The van der Waals surface area contributed by atoms with Gasteiger partial charge < -0.3 is 5.32 Å². The summed E-state index contributed by atoms with van der Waals surface area (Å²) in [5, 5.41) is 3.70. The Kier molecular flexibility index (Phi) is 6.99. The normalized spacial score (nSPS) is 33.1. The Morgan fingerprint density at radius 1 is 1.05 bits per heavy atom. The molecule has 0 bridgehead atoms. The molecule has 22 heavy (non-hydrogen) atoms. The molecule has 0 radical (unpaired) electrons. The maximum absolute atomic E-state index is 3.70. The van der Waals surface area contributed by atoms with Gasteiger partial charge in [-0.15, -0.1) is 0 Å². The van der Waals surface area contributed by atoms with Crippen molar-refractivity contribution in [3.05, 3.63) is 0 Å². The van der Waals surface area contributed by atoms with E-state index in [9.17, 15) is 0 Å². The fraction of sp³-hybridized carbons (Fsp3) is 1.00. The lowest BCUT2D eigenvalue weighted by atomic mass is 9.54. The molecular weight excluding hydrogens is 266 g/mol. The molecule has 132 valence electrons. The van der Waals surface area contributed by atoms with Crippen molar-refractivity contribution in [3.8, 4) is 0 Å². The third-order valence-electron chi connectivity index (χ3n) is 7.09. The first-order valence-corrected chi connectivity index (χ1v) is 9.77. The molecule has 0 aliphatic carbocycles. The van der Waals surface area contributed by atoms with Crippen LogP contribution in [0.3, 0.4) is 0 Å². The largest absolute Gasteiger partial charge is 0.314 e. The summed E-state index contributed by atoms with van der Waals surface area (Å²) in [4.78, 5) is 0. The van der Waals surface area contributed by atoms with E-state index in [1.54, 1.807) is 0 Å². The molecule has 1 heteroatoms. The SMILES string of the molecule is CCCC(C)(C)C(C)C(C)(C)C1C(C)CCNC(C)CC1C. The highest BCUT2D eigenvalue weighted by Gasteiger charge is 2.45. The lowest BCUT2D eigenvalue weighted by Crippen LogP contribution is -2.47. The predicted octanol–water partition coefficient (Wildman–Crippen LogP) is 6.14. The quantitative estimate of drug-likeness (QED) is 0.643. The van der Waals surface area contributed by atoms with Gasteiger partial charge in [-0.1, -0.05) is 61.8 Å². The van der Waals surface area contributed by atoms with E-state index in [1.165, 1.54) is 32.2 Å². The minimum Gasteiger partial charge on any atom is -0.314 e. The lowest BCUT2D eigenvalue weighted by Gasteiger charge is -2.52. The van der Waals surface area contributed by atoms with Gasteiger partial charge in [-0.25, -0.2) is 0 Å². The average molecular weight is 310 g/mol. The minimum absolute atomic E-state index is 0.397. The zero-order valence-electron chi connectivity index (χ0n) is 16.9. The van der Waals surface area contributed by atoms with Crippen LogP contribution in [0.1, 0.15) is 88.0 Å². The van der Waals surface area contributed by atoms with E-state index in [0.29, 0.717) is 16.9 Å². The lowest BCUT2D eigenvalue weighted by molar-refractivity contribution is -0.0271. The first-order chi connectivity index (χ1) is 10.0. The highest BCUT2D eigenvalue weighted by molar-refractivity contribution is 4.95. The summed E-state index contributed by atoms with van der Waals surface area (Å²) in [6.45, 7) is 23.5. The molecule has 5 unspecified atom stereocenters. The molecule has 1 saturated heterocycles. The average Bonchev–Trinajstić information content (AvgIpc) is 2.35. The van der Waals surface area contributed by atoms with Crippen LogP contribution < -0.4 is 5.32 Å². The Bertz CT molecular complexity index is 331. The molecule has 1 rings (SSSR count). The van der Waals surface area contributed by atoms with Crippen molar-refractivity contribution in [2.45, 2.75) is 94.0 Å². The molecule has 0 aromatic rings. The molecule has 1 N–H and O–H groups in total. The van der Waals surface area contributed by atoms with Crippen LogP contribution in [0.25, 0.3) is 0 Å². The monoisotopic (exact) mass is 309 g/mol. The molecule has 5 atom stereocenters. The topological polar surface area (TPSA) is 12.0 Å². The number of hydrogen-bond acceptors (Lipinski definition) is 1. The second-order valence-corrected chi connectivity index (χ2v) is 9.64. The maximum atomic E-state index is 3.70. The molecule has 0 aromatic heterocycles. The van der Waals surface area contributed by atoms with Gasteiger partial charge in [-0.05, 0) is 67.2 Å². The van der Waals surface area contributed by atoms with Crippen molar-refractivity contribution >= 4 is 0 Å². The Balaban J connectivity index is 3.04. The molecule has 1 aliphatic heterocycles. The third-order valence-corrected chi connectivity index (χ3v) is 7.09. The van der Waals surface area contributed by atoms with Crippen LogP contribution in [0.2, 0.25) is 0 Å². The smallest absolute Gasteiger partial charge is 0.00413 e. The summed E-state index contributed by atoms with van der Waals surface area (Å²) >= 11 is 0. The molecule has 0 amide bonds. The highest BCUT2D eigenvalue weighted by atomic mass is 14.9. The Morgan fingerprint density at radius 3 is 2.18 bits per heavy atom. The molecule has 1 aliphatic rings. The van der Waals surface area contributed by atoms with E-state index < -0.39 is 0 Å². The van der Waals surface area contributed by atoms with E-state index in [2.05, 4.69) is 67.6 Å². The first kappa shape index (κ1) is 20.0. The van der Waals surface area contributed by atoms with Gasteiger partial charge in [-0.2, -0.15) is 0 Å². The predicted molar refractivity (Wildman–Crippen MR) is 100 cm³/mol. The summed E-state index contributed by atoms with van der Waals surface area (Å²) in [7, 11) is 0. The van der Waals surface area contributed by atoms with Crippen molar-refractivity contribution < 1.29 is 0 Å². The molecule has 0 saturated carbocycles. The number of hydrogen-bond donors (Lipinski definition) is 1. The summed E-state index contributed by atoms with van der Waals surface area (Å²) in [6, 6.07) is 0.666. The van der Waals surface area contributed by atoms with Crippen LogP contribution >= 0.6 is 0 Å². The van der Waals surface area contributed by atoms with Gasteiger partial charge in [0.25, 0.3) is 0 Å². The highest BCUT2D eigenvalue weighted by Crippen LogP contribution is 2.52. The van der Waals surface area contributed by atoms with E-state index in [1.807, 2.05) is 0 Å². The second-order valence-electron chi connectivity index (χ2n) is 9.64. The fourth-order valence-corrected chi connectivity index (χ4v) is 5.71. The standard InChI is InChI=1S/C21H43N/c1-10-12-20(6,7)18(5)21(8,9)19-15(2)11-13-22-17(4)14-16(19)3/h15-19,22H,10-14H2,1-9H3. The Hall–Kier alpha value is -0.0400. The van der Waals surface area contributed by atoms with E-state index >= 15 is 0 Å². The zero-order chi connectivity index (χ0) is 17.1. The van der Waals surface area contributed by atoms with Crippen molar-refractivity contribution in [3.63, 3.8) is 0 Å². The van der Waals surface area contributed by atoms with Gasteiger partial charge in [0.05, 0.1) is 0 Å². The van der Waals surface area contributed by atoms with E-state index in [-0.39, 0.29) is 0 Å². The first-order valence-electron chi connectivity index (χ1n) is 9.77. The van der Waals surface area contributed by atoms with Gasteiger partial charge >= 0.3 is 0 Å². The van der Waals surface area contributed by atoms with Gasteiger partial charge in [-0.3, -0.25) is 0 Å². The second kappa shape index (κ2) is 7.69. The van der Waals surface area contributed by atoms with Crippen LogP contribution in [0, 0.1) is 34.5 Å². The van der Waals surface area contributed by atoms with Crippen LogP contribution in [0.15, 0.2) is 0 Å². The van der Waals surface area contributed by atoms with Crippen molar-refractivity contribution in [2.75, 3.05) is 6.54 Å². The summed E-state index contributed by atoms with van der Waals surface area (Å²) < 4.78 is 0. The van der Waals surface area contributed by atoms with Gasteiger partial charge in [0.1, 0.15) is 0 Å². The van der Waals surface area contributed by atoms with Crippen molar-refractivity contribution in [1.29, 1.82) is 0 Å². The van der Waals surface area contributed by atoms with Crippen LogP contribution in [0.5, 0.6) is 0 Å². The number of nitrogens with one attached hydrogen (secondary N) is 1. The van der Waals surface area contributed by atoms with E-state index in [4.69, 9.17) is 0 Å². The van der Waals surface area contributed by atoms with Crippen LogP contribution in [-0.2, 0) is 0 Å². The minimum atomic E-state index is 0.397. The Morgan fingerprint density at radius 2 is 1.64 bits per heavy atom. The van der Waals surface area contributed by atoms with Gasteiger partial charge in [0, 0.05) is 6.04 Å². The molecule has 0 spiro atoms. The maximum Gasteiger partial charge on any atom is 0.00413 e. The van der Waals surface area contributed by atoms with Crippen LogP contribution in [0.4, 0.5) is 0 Å². The third kappa shape index (κ3) is 4.49. The zero-order valence-corrected chi connectivity index (χ0v) is 16.9. The summed E-state index contributed by atoms with van der Waals surface area (Å²) in [6.07, 6.45) is 5.28. The van der Waals surface area contributed by atoms with E-state index in [0.717, 1.165) is 23.7 Å². The fourth-order valence-electron chi connectivity index (χ4n) is 5.71. The summed E-state index contributed by atoms with van der Waals surface area (Å²) in [5.41, 5.74) is 0.832. The van der Waals surface area contributed by atoms with Crippen molar-refractivity contribution in [1.82, 2.24) is 5.32 Å². The molecule has 0 aromatic carbocycles.